The molecule has 5 aromatic heterocycles. The summed E-state index contributed by atoms with van der Waals surface area (Å²) < 4.78 is 5.23. The third-order valence-electron chi connectivity index (χ3n) is 19.4. The van der Waals surface area contributed by atoms with E-state index in [2.05, 4.69) is 138 Å². The van der Waals surface area contributed by atoms with Gasteiger partial charge in [-0.05, 0) is 89.3 Å². The highest BCUT2D eigenvalue weighted by atomic mass is 16.4. The molecule has 3 atom stereocenters. The number of fused-ring (bicyclic) bond motifs is 6. The Morgan fingerprint density at radius 2 is 0.740 bits per heavy atom. The summed E-state index contributed by atoms with van der Waals surface area (Å²) in [6.45, 7) is 15.0. The van der Waals surface area contributed by atoms with Gasteiger partial charge in [0.2, 0.25) is 0 Å². The number of aromatic nitrogens is 4. The van der Waals surface area contributed by atoms with Gasteiger partial charge < -0.3 is 50.4 Å². The number of imide groups is 1. The Hall–Kier alpha value is -9.97. The maximum Gasteiger partial charge on any atom is 0.338 e. The first-order chi connectivity index (χ1) is 49.0. The molecule has 21 nitrogen and oxygen atoms in total. The highest BCUT2D eigenvalue weighted by molar-refractivity contribution is 6.21. The van der Waals surface area contributed by atoms with Gasteiger partial charge in [-0.2, -0.15) is 0 Å². The first-order valence-corrected chi connectivity index (χ1v) is 35.0. The van der Waals surface area contributed by atoms with Crippen molar-refractivity contribution in [2.75, 3.05) is 156 Å². The van der Waals surface area contributed by atoms with E-state index in [9.17, 15) is 29.7 Å². The Labute approximate surface area is 582 Å². The molecule has 4 fully saturated rings. The molecule has 5 aliphatic rings. The van der Waals surface area contributed by atoms with Crippen LogP contribution in [0.3, 0.4) is 0 Å². The summed E-state index contributed by atoms with van der Waals surface area (Å²) in [5.74, 6) is 3.59. The predicted molar refractivity (Wildman–Crippen MR) is 399 cm³/mol. The Kier molecular flexibility index (Phi) is 22.5. The lowest BCUT2D eigenvalue weighted by Crippen LogP contribution is -2.50. The second kappa shape index (κ2) is 32.8. The Morgan fingerprint density at radius 1 is 0.390 bits per heavy atom. The number of pyridine rings is 4. The zero-order chi connectivity index (χ0) is 68.7. The van der Waals surface area contributed by atoms with Crippen molar-refractivity contribution in [2.45, 2.75) is 37.6 Å². The van der Waals surface area contributed by atoms with Gasteiger partial charge in [0.1, 0.15) is 28.9 Å². The number of rotatable bonds is 16. The quantitative estimate of drug-likeness (QED) is 0.0448. The van der Waals surface area contributed by atoms with Crippen molar-refractivity contribution in [3.8, 4) is 0 Å². The largest absolute Gasteiger partial charge is 0.423 e. The van der Waals surface area contributed by atoms with Gasteiger partial charge >= 0.3 is 5.63 Å². The number of carbonyl (C=O) groups is 2. The van der Waals surface area contributed by atoms with Crippen molar-refractivity contribution in [3.05, 3.63) is 222 Å². The molecule has 16 rings (SSSR count). The molecule has 6 aromatic carbocycles. The van der Waals surface area contributed by atoms with Crippen molar-refractivity contribution < 1.29 is 29.3 Å². The van der Waals surface area contributed by atoms with E-state index >= 15 is 0 Å². The van der Waals surface area contributed by atoms with E-state index in [1.807, 2.05) is 85.5 Å². The maximum absolute atomic E-state index is 12.5. The molecular weight excluding hydrogens is 1260 g/mol. The van der Waals surface area contributed by atoms with Crippen LogP contribution in [-0.4, -0.2) is 216 Å². The number of β-amino-alcohol motifs (C(OH)–C–C–N with tert-alkyl or cyclic N) is 3. The van der Waals surface area contributed by atoms with Crippen LogP contribution < -0.4 is 36.3 Å². The van der Waals surface area contributed by atoms with E-state index < -0.39 is 23.9 Å². The van der Waals surface area contributed by atoms with Gasteiger partial charge in [0.15, 0.2) is 0 Å². The number of carbonyl (C=O) groups excluding carboxylic acids is 2. The summed E-state index contributed by atoms with van der Waals surface area (Å²) in [6.07, 6.45) is 9.70. The molecular formula is C79H88N14O7. The molecule has 6 N–H and O–H groups in total. The summed E-state index contributed by atoms with van der Waals surface area (Å²) >= 11 is 0. The molecule has 516 valence electrons. The second-order valence-corrected chi connectivity index (χ2v) is 26.2. The monoisotopic (exact) mass is 1340 g/mol. The van der Waals surface area contributed by atoms with Gasteiger partial charge in [-0.25, -0.2) is 24.7 Å². The third kappa shape index (κ3) is 16.5. The maximum atomic E-state index is 12.5. The lowest BCUT2D eigenvalue weighted by atomic mass is 10.1. The van der Waals surface area contributed by atoms with Crippen LogP contribution >= 0.6 is 0 Å². The molecule has 10 heterocycles. The zero-order valence-electron chi connectivity index (χ0n) is 56.5. The number of hydrogen-bond donors (Lipinski definition) is 5. The topological polar surface area (TPSA) is 241 Å². The first kappa shape index (κ1) is 68.5. The minimum atomic E-state index is -0.788. The number of piperidine rings is 1. The van der Waals surface area contributed by atoms with Gasteiger partial charge in [0.05, 0.1) is 41.7 Å². The van der Waals surface area contributed by atoms with Gasteiger partial charge in [-0.3, -0.25) is 29.2 Å². The normalized spacial score (nSPS) is 17.1. The van der Waals surface area contributed by atoms with Crippen LogP contribution in [0.4, 0.5) is 29.0 Å². The highest BCUT2D eigenvalue weighted by Crippen LogP contribution is 2.31. The lowest BCUT2D eigenvalue weighted by Gasteiger charge is -2.37. The van der Waals surface area contributed by atoms with Crippen LogP contribution in [0.1, 0.15) is 40.0 Å². The number of amides is 2. The van der Waals surface area contributed by atoms with Crippen LogP contribution in [-0.2, 0) is 0 Å². The summed E-state index contributed by atoms with van der Waals surface area (Å²) in [4.78, 5) is 72.4. The van der Waals surface area contributed by atoms with E-state index in [4.69, 9.17) is 10.2 Å². The number of benzene rings is 6. The van der Waals surface area contributed by atoms with E-state index in [0.29, 0.717) is 55.1 Å². The third-order valence-corrected chi connectivity index (χ3v) is 19.4. The number of nitrogens with two attached hydrogens (primary N) is 1. The first-order valence-electron chi connectivity index (χ1n) is 35.0. The summed E-state index contributed by atoms with van der Waals surface area (Å²) in [5.41, 5.74) is 7.11. The molecule has 0 radical (unpaired) electrons. The van der Waals surface area contributed by atoms with Crippen molar-refractivity contribution in [2.24, 2.45) is 5.73 Å². The smallest absolute Gasteiger partial charge is 0.338 e. The van der Waals surface area contributed by atoms with Gasteiger partial charge in [-0.1, -0.05) is 121 Å². The molecule has 2 amide bonds. The van der Waals surface area contributed by atoms with Crippen LogP contribution in [0.5, 0.6) is 0 Å². The van der Waals surface area contributed by atoms with Crippen LogP contribution in [0.25, 0.3) is 54.1 Å². The standard InChI is InChI=1S/C25H26N4O3.C24H24N4O3.C16H22N4O.C14H16N2/c30-19(16-27-22-15-24(31)32-23-8-4-3-7-21(22)23)17-28-11-13-29(14-12-28)25-20-6-2-1-5-18(20)9-10-26-25;29-18(16-28-23(30)20-7-3-4-8-21(20)24(28)31)15-26-11-13-27(14-12-26)22-19-6-2-1-5-17(19)9-10-25-22;17-11-14(21)12-19-7-9-20(10-8-19)16-15-4-2-1-3-13(15)5-6-18-16;1-4-10-16(11-5-1)14-13-7-3-2-6-12(13)8-9-15-14/h1-10,15,19,27,30H,11-14,16-17H2;1-10,18,29H,11-16H2;1-6,14,21H,7-12,17H2;2-3,6-9H,1,4-5,10-11H2. The van der Waals surface area contributed by atoms with E-state index in [1.165, 1.54) is 63.0 Å². The molecule has 4 saturated heterocycles. The van der Waals surface area contributed by atoms with E-state index in [-0.39, 0.29) is 18.4 Å². The lowest BCUT2D eigenvalue weighted by molar-refractivity contribution is 0.0469. The molecule has 0 aliphatic carbocycles. The van der Waals surface area contributed by atoms with Crippen molar-refractivity contribution in [3.63, 3.8) is 0 Å². The average molecular weight is 1350 g/mol. The Bertz CT molecular complexity index is 4570. The molecule has 100 heavy (non-hydrogen) atoms. The van der Waals surface area contributed by atoms with Gasteiger partial charge in [-0.15, -0.1) is 0 Å². The number of aliphatic hydroxyl groups is 3. The number of nitrogens with one attached hydrogen (secondary N) is 1. The molecule has 3 unspecified atom stereocenters. The Balaban J connectivity index is 0.000000123. The fourth-order valence-corrected chi connectivity index (χ4v) is 14.1. The van der Waals surface area contributed by atoms with Crippen LogP contribution in [0, 0.1) is 0 Å². The van der Waals surface area contributed by atoms with Crippen LogP contribution in [0.15, 0.2) is 210 Å². The minimum absolute atomic E-state index is 0.0113. The van der Waals surface area contributed by atoms with Crippen molar-refractivity contribution >= 4 is 94.8 Å². The number of nitrogens with zero attached hydrogens (tertiary/aromatic N) is 12. The van der Waals surface area contributed by atoms with Crippen LogP contribution in [0.2, 0.25) is 0 Å². The molecule has 21 heteroatoms. The number of para-hydroxylation sites is 1. The fraction of sp³-hybridized carbons (Fsp3) is 0.329. The zero-order valence-corrected chi connectivity index (χ0v) is 56.5. The summed E-state index contributed by atoms with van der Waals surface area (Å²) in [5, 5.41) is 44.6. The molecule has 0 spiro atoms. The summed E-state index contributed by atoms with van der Waals surface area (Å²) in [6, 6.07) is 57.2. The number of hydrogen-bond acceptors (Lipinski definition) is 20. The minimum Gasteiger partial charge on any atom is -0.423 e. The number of piperazine rings is 3. The fourth-order valence-electron chi connectivity index (χ4n) is 14.1. The predicted octanol–water partition coefficient (Wildman–Crippen LogP) is 8.85. The summed E-state index contributed by atoms with van der Waals surface area (Å²) in [7, 11) is 0. The number of anilines is 5. The van der Waals surface area contributed by atoms with E-state index in [0.717, 1.165) is 131 Å². The molecule has 0 bridgehead atoms. The van der Waals surface area contributed by atoms with E-state index in [1.54, 1.807) is 30.3 Å². The molecule has 0 saturated carbocycles. The Morgan fingerprint density at radius 3 is 1.15 bits per heavy atom. The number of aliphatic hydroxyl groups excluding tert-OH is 3. The van der Waals surface area contributed by atoms with Crippen molar-refractivity contribution in [1.29, 1.82) is 0 Å². The van der Waals surface area contributed by atoms with Gasteiger partial charge in [0.25, 0.3) is 11.8 Å². The van der Waals surface area contributed by atoms with Gasteiger partial charge in [0, 0.05) is 182 Å². The molecule has 11 aromatic rings. The molecule has 5 aliphatic heterocycles. The SMILES string of the molecule is NCC(O)CN1CCN(c2nccc3ccccc23)CC1.O=C1c2ccccc2C(=O)N1CC(O)CN1CCN(c2nccc3ccccc23)CC1.O=c1cc(NCC(O)CN2CCN(c3nccc4ccccc34)CC2)c2ccccc2o1.c1ccc2c(N3CCCCC3)nccc2c1. The van der Waals surface area contributed by atoms with Crippen molar-refractivity contribution in [1.82, 2.24) is 39.5 Å². The second-order valence-electron chi connectivity index (χ2n) is 26.2. The average Bonchev–Trinajstić information content (AvgIpc) is 1.20. The highest BCUT2D eigenvalue weighted by Gasteiger charge is 2.37.